The molecule has 0 spiro atoms. The Kier molecular flexibility index (Phi) is 5.42. The van der Waals surface area contributed by atoms with Gasteiger partial charge in [-0.15, -0.1) is 0 Å². The molecule has 0 aliphatic carbocycles. The number of rotatable bonds is 3. The van der Waals surface area contributed by atoms with E-state index in [2.05, 4.69) is 11.8 Å². The first-order chi connectivity index (χ1) is 12.7. The number of hydrogen-bond acceptors (Lipinski definition) is 5. The minimum absolute atomic E-state index is 0.00974. The number of carbonyl (C=O) groups excluding carboxylic acids is 1. The first-order valence-corrected chi connectivity index (χ1v) is 9.67. The van der Waals surface area contributed by atoms with Gasteiger partial charge in [0.05, 0.1) is 16.6 Å². The summed E-state index contributed by atoms with van der Waals surface area (Å²) in [6.07, 6.45) is 2.10. The molecule has 2 saturated heterocycles. The van der Waals surface area contributed by atoms with E-state index in [4.69, 9.17) is 4.74 Å². The molecule has 1 aromatic rings. The van der Waals surface area contributed by atoms with Gasteiger partial charge in [-0.3, -0.25) is 14.9 Å². The van der Waals surface area contributed by atoms with Crippen LogP contribution in [0.1, 0.15) is 50.9 Å². The third-order valence-electron chi connectivity index (χ3n) is 5.27. The van der Waals surface area contributed by atoms with Crippen LogP contribution < -0.4 is 4.90 Å². The highest BCUT2D eigenvalue weighted by Gasteiger charge is 2.35. The van der Waals surface area contributed by atoms with Gasteiger partial charge in [-0.05, 0) is 51.7 Å². The molecule has 0 N–H and O–H groups in total. The van der Waals surface area contributed by atoms with Crippen molar-refractivity contribution in [3.05, 3.63) is 33.9 Å². The summed E-state index contributed by atoms with van der Waals surface area (Å²) >= 11 is 0. The summed E-state index contributed by atoms with van der Waals surface area (Å²) in [6.45, 7) is 10.6. The smallest absolute Gasteiger partial charge is 0.293 e. The standard InChI is InChI=1S/C20H29N3O4/c1-14-6-5-9-21(11-14)17-8-7-16(10-18(17)23(25)26)19(24)22-12-15(2)27-20(3,4)13-22/h7-8,10,14-15H,5-6,9,11-13H2,1-4H3. The molecule has 0 radical (unpaired) electrons. The van der Waals surface area contributed by atoms with Crippen LogP contribution in [0.3, 0.4) is 0 Å². The Labute approximate surface area is 160 Å². The van der Waals surface area contributed by atoms with Crippen LogP contribution in [0.25, 0.3) is 0 Å². The van der Waals surface area contributed by atoms with Gasteiger partial charge in [0.15, 0.2) is 0 Å². The summed E-state index contributed by atoms with van der Waals surface area (Å²) in [4.78, 5) is 28.1. The lowest BCUT2D eigenvalue weighted by Crippen LogP contribution is -2.53. The van der Waals surface area contributed by atoms with Gasteiger partial charge in [-0.2, -0.15) is 0 Å². The summed E-state index contributed by atoms with van der Waals surface area (Å²) in [7, 11) is 0. The molecule has 2 unspecified atom stereocenters. The van der Waals surface area contributed by atoms with Gasteiger partial charge in [-0.1, -0.05) is 6.92 Å². The highest BCUT2D eigenvalue weighted by atomic mass is 16.6. The van der Waals surface area contributed by atoms with Gasteiger partial charge < -0.3 is 14.5 Å². The van der Waals surface area contributed by atoms with Crippen LogP contribution in [0.15, 0.2) is 18.2 Å². The number of carbonyl (C=O) groups is 1. The first kappa shape index (κ1) is 19.6. The minimum Gasteiger partial charge on any atom is -0.369 e. The van der Waals surface area contributed by atoms with Crippen LogP contribution in [-0.2, 0) is 4.74 Å². The largest absolute Gasteiger partial charge is 0.369 e. The predicted molar refractivity (Wildman–Crippen MR) is 104 cm³/mol. The highest BCUT2D eigenvalue weighted by Crippen LogP contribution is 2.33. The van der Waals surface area contributed by atoms with E-state index in [1.165, 1.54) is 6.07 Å². The average molecular weight is 375 g/mol. The van der Waals surface area contributed by atoms with Crippen LogP contribution in [0.2, 0.25) is 0 Å². The molecule has 2 aliphatic heterocycles. The number of benzene rings is 1. The Morgan fingerprint density at radius 3 is 2.67 bits per heavy atom. The molecule has 0 aromatic heterocycles. The Bertz CT molecular complexity index is 734. The van der Waals surface area contributed by atoms with Gasteiger partial charge in [0.2, 0.25) is 0 Å². The number of nitro benzene ring substituents is 1. The van der Waals surface area contributed by atoms with E-state index in [1.54, 1.807) is 17.0 Å². The second-order valence-corrected chi connectivity index (χ2v) is 8.53. The quantitative estimate of drug-likeness (QED) is 0.597. The van der Waals surface area contributed by atoms with Crippen molar-refractivity contribution in [3.63, 3.8) is 0 Å². The molecule has 2 heterocycles. The summed E-state index contributed by atoms with van der Waals surface area (Å²) in [5, 5.41) is 11.7. The van der Waals surface area contributed by atoms with Gasteiger partial charge in [0.25, 0.3) is 11.6 Å². The number of nitrogens with zero attached hydrogens (tertiary/aromatic N) is 3. The van der Waals surface area contributed by atoms with E-state index >= 15 is 0 Å². The summed E-state index contributed by atoms with van der Waals surface area (Å²) in [5.41, 5.74) is 0.554. The predicted octanol–water partition coefficient (Wildman–Crippen LogP) is 3.47. The summed E-state index contributed by atoms with van der Waals surface area (Å²) < 4.78 is 5.85. The van der Waals surface area contributed by atoms with Crippen LogP contribution in [0.5, 0.6) is 0 Å². The number of piperidine rings is 1. The summed E-state index contributed by atoms with van der Waals surface area (Å²) in [6, 6.07) is 4.89. The van der Waals surface area contributed by atoms with Crippen LogP contribution >= 0.6 is 0 Å². The van der Waals surface area contributed by atoms with Crippen LogP contribution in [0.4, 0.5) is 11.4 Å². The second kappa shape index (κ2) is 7.46. The van der Waals surface area contributed by atoms with E-state index in [1.807, 2.05) is 20.8 Å². The van der Waals surface area contributed by atoms with Crippen LogP contribution in [-0.4, -0.2) is 53.6 Å². The first-order valence-electron chi connectivity index (χ1n) is 9.67. The molecule has 2 aliphatic rings. The number of ether oxygens (including phenoxy) is 1. The van der Waals surface area contributed by atoms with Gasteiger partial charge >= 0.3 is 0 Å². The lowest BCUT2D eigenvalue weighted by atomic mass is 9.99. The maximum absolute atomic E-state index is 13.0. The number of anilines is 1. The molecular formula is C20H29N3O4. The van der Waals surface area contributed by atoms with E-state index in [-0.39, 0.29) is 22.6 Å². The molecule has 1 aromatic carbocycles. The molecule has 2 atom stereocenters. The van der Waals surface area contributed by atoms with E-state index in [9.17, 15) is 14.9 Å². The van der Waals surface area contributed by atoms with Crippen LogP contribution in [0, 0.1) is 16.0 Å². The molecule has 2 fully saturated rings. The minimum atomic E-state index is -0.427. The van der Waals surface area contributed by atoms with Crippen molar-refractivity contribution in [1.82, 2.24) is 4.90 Å². The van der Waals surface area contributed by atoms with E-state index in [0.29, 0.717) is 30.3 Å². The lowest BCUT2D eigenvalue weighted by molar-refractivity contribution is -0.384. The van der Waals surface area contributed by atoms with Crippen molar-refractivity contribution in [1.29, 1.82) is 0 Å². The summed E-state index contributed by atoms with van der Waals surface area (Å²) in [5.74, 6) is 0.330. The average Bonchev–Trinajstić information content (AvgIpc) is 2.58. The highest BCUT2D eigenvalue weighted by molar-refractivity contribution is 5.96. The van der Waals surface area contributed by atoms with E-state index < -0.39 is 5.60 Å². The normalized spacial score (nSPS) is 25.3. The maximum Gasteiger partial charge on any atom is 0.293 e. The molecular weight excluding hydrogens is 346 g/mol. The fourth-order valence-electron chi connectivity index (χ4n) is 4.27. The molecule has 1 amide bonds. The molecule has 3 rings (SSSR count). The SMILES string of the molecule is CC1CCCN(c2ccc(C(=O)N3CC(C)OC(C)(C)C3)cc2[N+](=O)[O-])C1. The van der Waals surface area contributed by atoms with Gasteiger partial charge in [0.1, 0.15) is 5.69 Å². The maximum atomic E-state index is 13.0. The Balaban J connectivity index is 1.87. The molecule has 148 valence electrons. The Hall–Kier alpha value is -2.15. The molecule has 0 saturated carbocycles. The lowest BCUT2D eigenvalue weighted by Gasteiger charge is -2.41. The van der Waals surface area contributed by atoms with Crippen molar-refractivity contribution in [2.45, 2.75) is 52.2 Å². The van der Waals surface area contributed by atoms with E-state index in [0.717, 1.165) is 25.9 Å². The zero-order valence-corrected chi connectivity index (χ0v) is 16.6. The monoisotopic (exact) mass is 375 g/mol. The molecule has 7 nitrogen and oxygen atoms in total. The fourth-order valence-corrected chi connectivity index (χ4v) is 4.27. The van der Waals surface area contributed by atoms with Gasteiger partial charge in [-0.25, -0.2) is 0 Å². The number of hydrogen-bond donors (Lipinski definition) is 0. The molecule has 7 heteroatoms. The molecule has 27 heavy (non-hydrogen) atoms. The van der Waals surface area contributed by atoms with Crippen molar-refractivity contribution in [2.24, 2.45) is 5.92 Å². The van der Waals surface area contributed by atoms with Crippen molar-refractivity contribution in [2.75, 3.05) is 31.1 Å². The van der Waals surface area contributed by atoms with Crippen molar-refractivity contribution in [3.8, 4) is 0 Å². The van der Waals surface area contributed by atoms with Crippen molar-refractivity contribution < 1.29 is 14.5 Å². The molecule has 0 bridgehead atoms. The number of amides is 1. The third-order valence-corrected chi connectivity index (χ3v) is 5.27. The number of morpholine rings is 1. The Morgan fingerprint density at radius 1 is 1.30 bits per heavy atom. The second-order valence-electron chi connectivity index (χ2n) is 8.53. The topological polar surface area (TPSA) is 75.9 Å². The zero-order valence-electron chi connectivity index (χ0n) is 16.6. The fraction of sp³-hybridized carbons (Fsp3) is 0.650. The number of nitro groups is 1. The Morgan fingerprint density at radius 2 is 2.04 bits per heavy atom. The zero-order chi connectivity index (χ0) is 19.8. The van der Waals surface area contributed by atoms with Gasteiger partial charge in [0, 0.05) is 37.8 Å². The van der Waals surface area contributed by atoms with Crippen molar-refractivity contribution >= 4 is 17.3 Å². The third kappa shape index (κ3) is 4.40.